The zero-order valence-corrected chi connectivity index (χ0v) is 12.6. The molecule has 0 aliphatic carbocycles. The summed E-state index contributed by atoms with van der Waals surface area (Å²) in [5.74, 6) is 0.678. The number of rotatable bonds is 5. The Bertz CT molecular complexity index is 556. The molecule has 0 radical (unpaired) electrons. The molecule has 0 saturated carbocycles. The molecule has 0 bridgehead atoms. The number of carbonyl (C=O) groups is 1. The molecule has 2 aromatic rings. The molecule has 0 unspecified atom stereocenters. The molecule has 1 aromatic carbocycles. The molecule has 2 N–H and O–H groups in total. The summed E-state index contributed by atoms with van der Waals surface area (Å²) in [4.78, 5) is 11.7. The topological polar surface area (TPSA) is 54.3 Å². The largest absolute Gasteiger partial charge is 0.468 e. The lowest BCUT2D eigenvalue weighted by Crippen LogP contribution is -2.27. The van der Waals surface area contributed by atoms with E-state index in [9.17, 15) is 4.79 Å². The van der Waals surface area contributed by atoms with Crippen LogP contribution in [0.3, 0.4) is 0 Å². The van der Waals surface area contributed by atoms with Gasteiger partial charge < -0.3 is 15.1 Å². The highest BCUT2D eigenvalue weighted by atomic mass is 35.5. The molecule has 20 heavy (non-hydrogen) atoms. The molecule has 1 amide bonds. The highest BCUT2D eigenvalue weighted by Gasteiger charge is 2.04. The predicted molar refractivity (Wildman–Crippen MR) is 82.5 cm³/mol. The summed E-state index contributed by atoms with van der Waals surface area (Å²) < 4.78 is 5.15. The van der Waals surface area contributed by atoms with E-state index in [1.165, 1.54) is 0 Å². The molecule has 0 aliphatic rings. The van der Waals surface area contributed by atoms with Gasteiger partial charge in [0, 0.05) is 10.7 Å². The highest BCUT2D eigenvalue weighted by molar-refractivity contribution is 6.31. The van der Waals surface area contributed by atoms with Crippen molar-refractivity contribution in [1.29, 1.82) is 0 Å². The van der Waals surface area contributed by atoms with Crippen molar-refractivity contribution < 1.29 is 9.21 Å². The predicted octanol–water partition coefficient (Wildman–Crippen LogP) is 3.39. The summed E-state index contributed by atoms with van der Waals surface area (Å²) in [6.07, 6.45) is 1.60. The van der Waals surface area contributed by atoms with E-state index in [0.717, 1.165) is 11.3 Å². The molecule has 1 aromatic heterocycles. The molecule has 0 saturated heterocycles. The lowest BCUT2D eigenvalue weighted by molar-refractivity contribution is -0.115. The summed E-state index contributed by atoms with van der Waals surface area (Å²) in [6, 6.07) is 9.09. The molecule has 0 fully saturated rings. The minimum atomic E-state index is -0.119. The number of nitrogens with one attached hydrogen (secondary N) is 2. The first-order chi connectivity index (χ1) is 9.15. The lowest BCUT2D eigenvalue weighted by atomic mass is 10.2. The smallest absolute Gasteiger partial charge is 0.238 e. The summed E-state index contributed by atoms with van der Waals surface area (Å²) in [5.41, 5.74) is 1.68. The Morgan fingerprint density at radius 1 is 1.35 bits per heavy atom. The first kappa shape index (κ1) is 16.6. The van der Waals surface area contributed by atoms with Crippen LogP contribution in [0.4, 0.5) is 5.69 Å². The number of benzene rings is 1. The van der Waals surface area contributed by atoms with Gasteiger partial charge in [0.1, 0.15) is 5.76 Å². The standard InChI is InChI=1S/C14H15ClN2O2.ClH/c1-10-4-5-11(7-13(10)15)17-14(18)9-16-8-12-3-2-6-19-12;/h2-7,16H,8-9H2,1H3,(H,17,18);1H. The normalized spacial score (nSPS) is 9.90. The van der Waals surface area contributed by atoms with E-state index in [2.05, 4.69) is 10.6 Å². The van der Waals surface area contributed by atoms with Crippen molar-refractivity contribution in [2.24, 2.45) is 0 Å². The molecular formula is C14H16Cl2N2O2. The average molecular weight is 315 g/mol. The third-order valence-corrected chi connectivity index (χ3v) is 3.03. The van der Waals surface area contributed by atoms with E-state index in [1.54, 1.807) is 12.3 Å². The van der Waals surface area contributed by atoms with Gasteiger partial charge in [-0.25, -0.2) is 0 Å². The SMILES string of the molecule is Cc1ccc(NC(=O)CNCc2ccco2)cc1Cl.Cl. The summed E-state index contributed by atoms with van der Waals surface area (Å²) in [5, 5.41) is 6.41. The van der Waals surface area contributed by atoms with Crippen LogP contribution < -0.4 is 10.6 Å². The summed E-state index contributed by atoms with van der Waals surface area (Å²) >= 11 is 5.99. The molecule has 4 nitrogen and oxygen atoms in total. The molecule has 6 heteroatoms. The number of halogens is 2. The van der Waals surface area contributed by atoms with Gasteiger partial charge >= 0.3 is 0 Å². The van der Waals surface area contributed by atoms with E-state index in [-0.39, 0.29) is 24.9 Å². The molecule has 2 rings (SSSR count). The van der Waals surface area contributed by atoms with Crippen LogP contribution in [0, 0.1) is 6.92 Å². The fourth-order valence-electron chi connectivity index (χ4n) is 1.59. The van der Waals surface area contributed by atoms with E-state index in [4.69, 9.17) is 16.0 Å². The van der Waals surface area contributed by atoms with Gasteiger partial charge in [-0.1, -0.05) is 17.7 Å². The first-order valence-corrected chi connectivity index (χ1v) is 6.32. The molecule has 108 valence electrons. The maximum Gasteiger partial charge on any atom is 0.238 e. The molecule has 0 atom stereocenters. The Balaban J connectivity index is 0.00000200. The number of hydrogen-bond acceptors (Lipinski definition) is 3. The number of amides is 1. The number of carbonyl (C=O) groups excluding carboxylic acids is 1. The van der Waals surface area contributed by atoms with Crippen LogP contribution in [0.2, 0.25) is 5.02 Å². The maximum absolute atomic E-state index is 11.7. The van der Waals surface area contributed by atoms with Crippen molar-refractivity contribution in [3.63, 3.8) is 0 Å². The zero-order chi connectivity index (χ0) is 13.7. The Morgan fingerprint density at radius 3 is 2.80 bits per heavy atom. The van der Waals surface area contributed by atoms with Crippen LogP contribution in [-0.2, 0) is 11.3 Å². The van der Waals surface area contributed by atoms with Crippen molar-refractivity contribution >= 4 is 35.6 Å². The van der Waals surface area contributed by atoms with Gasteiger partial charge in [0.25, 0.3) is 0 Å². The van der Waals surface area contributed by atoms with Crippen LogP contribution >= 0.6 is 24.0 Å². The van der Waals surface area contributed by atoms with E-state index >= 15 is 0 Å². The first-order valence-electron chi connectivity index (χ1n) is 5.94. The minimum absolute atomic E-state index is 0. The van der Waals surface area contributed by atoms with Crippen LogP contribution in [0.5, 0.6) is 0 Å². The second kappa shape index (κ2) is 7.94. The molecular weight excluding hydrogens is 299 g/mol. The Kier molecular flexibility index (Phi) is 6.58. The van der Waals surface area contributed by atoms with Crippen molar-refractivity contribution in [2.75, 3.05) is 11.9 Å². The number of furan rings is 1. The van der Waals surface area contributed by atoms with Crippen molar-refractivity contribution in [3.05, 3.63) is 52.9 Å². The van der Waals surface area contributed by atoms with Crippen molar-refractivity contribution in [3.8, 4) is 0 Å². The molecule has 0 aliphatic heterocycles. The fraction of sp³-hybridized carbons (Fsp3) is 0.214. The quantitative estimate of drug-likeness (QED) is 0.889. The van der Waals surface area contributed by atoms with Crippen LogP contribution in [-0.4, -0.2) is 12.5 Å². The van der Waals surface area contributed by atoms with Crippen LogP contribution in [0.25, 0.3) is 0 Å². The van der Waals surface area contributed by atoms with Gasteiger partial charge in [-0.3, -0.25) is 4.79 Å². The Hall–Kier alpha value is -1.49. The third kappa shape index (κ3) is 4.89. The third-order valence-electron chi connectivity index (χ3n) is 2.62. The average Bonchev–Trinajstić information content (AvgIpc) is 2.87. The van der Waals surface area contributed by atoms with Gasteiger partial charge in [0.05, 0.1) is 19.4 Å². The number of aryl methyl sites for hydroxylation is 1. The van der Waals surface area contributed by atoms with Gasteiger partial charge in [-0.15, -0.1) is 12.4 Å². The van der Waals surface area contributed by atoms with Crippen molar-refractivity contribution in [2.45, 2.75) is 13.5 Å². The summed E-state index contributed by atoms with van der Waals surface area (Å²) in [7, 11) is 0. The zero-order valence-electron chi connectivity index (χ0n) is 11.0. The number of hydrogen-bond donors (Lipinski definition) is 2. The van der Waals surface area contributed by atoms with E-state index in [1.807, 2.05) is 31.2 Å². The Morgan fingerprint density at radius 2 is 2.15 bits per heavy atom. The summed E-state index contributed by atoms with van der Waals surface area (Å²) in [6.45, 7) is 2.65. The van der Waals surface area contributed by atoms with Gasteiger partial charge in [0.15, 0.2) is 0 Å². The van der Waals surface area contributed by atoms with Gasteiger partial charge in [-0.2, -0.15) is 0 Å². The monoisotopic (exact) mass is 314 g/mol. The molecule has 0 spiro atoms. The van der Waals surface area contributed by atoms with Crippen molar-refractivity contribution in [1.82, 2.24) is 5.32 Å². The number of anilines is 1. The maximum atomic E-state index is 11.7. The molecule has 1 heterocycles. The van der Waals surface area contributed by atoms with Crippen LogP contribution in [0.15, 0.2) is 41.0 Å². The fourth-order valence-corrected chi connectivity index (χ4v) is 1.77. The van der Waals surface area contributed by atoms with Gasteiger partial charge in [-0.05, 0) is 36.8 Å². The van der Waals surface area contributed by atoms with Gasteiger partial charge in [0.2, 0.25) is 5.91 Å². The lowest BCUT2D eigenvalue weighted by Gasteiger charge is -2.07. The Labute approximate surface area is 128 Å². The van der Waals surface area contributed by atoms with E-state index in [0.29, 0.717) is 17.3 Å². The second-order valence-electron chi connectivity index (χ2n) is 4.20. The minimum Gasteiger partial charge on any atom is -0.468 e. The van der Waals surface area contributed by atoms with E-state index < -0.39 is 0 Å². The van der Waals surface area contributed by atoms with Crippen LogP contribution in [0.1, 0.15) is 11.3 Å². The second-order valence-corrected chi connectivity index (χ2v) is 4.60. The highest BCUT2D eigenvalue weighted by Crippen LogP contribution is 2.19.